The van der Waals surface area contributed by atoms with Crippen LogP contribution in [-0.4, -0.2) is 38.0 Å². The van der Waals surface area contributed by atoms with Crippen LogP contribution in [0.4, 0.5) is 5.95 Å². The van der Waals surface area contributed by atoms with E-state index in [9.17, 15) is 5.11 Å². The number of aliphatic hydroxyl groups excluding tert-OH is 1. The van der Waals surface area contributed by atoms with E-state index in [0.29, 0.717) is 11.9 Å². The number of hydrogen-bond donors (Lipinski definition) is 2. The van der Waals surface area contributed by atoms with Crippen LogP contribution in [0.2, 0.25) is 0 Å². The van der Waals surface area contributed by atoms with Crippen LogP contribution in [0.1, 0.15) is 25.7 Å². The number of aryl methyl sites for hydroxylation is 1. The number of rotatable bonds is 3. The first-order valence-electron chi connectivity index (χ1n) is 5.40. The van der Waals surface area contributed by atoms with Crippen molar-refractivity contribution in [3.63, 3.8) is 0 Å². The van der Waals surface area contributed by atoms with Gasteiger partial charge in [-0.05, 0) is 35.6 Å². The second-order valence-electron chi connectivity index (χ2n) is 4.19. The Morgan fingerprint density at radius 1 is 1.53 bits per heavy atom. The van der Waals surface area contributed by atoms with Crippen molar-refractivity contribution in [2.45, 2.75) is 31.8 Å². The third-order valence-corrected chi connectivity index (χ3v) is 2.92. The van der Waals surface area contributed by atoms with Crippen LogP contribution in [0.15, 0.2) is 0 Å². The number of anilines is 1. The average molecular weight is 211 g/mol. The van der Waals surface area contributed by atoms with Gasteiger partial charge in [-0.3, -0.25) is 0 Å². The van der Waals surface area contributed by atoms with Gasteiger partial charge >= 0.3 is 0 Å². The van der Waals surface area contributed by atoms with Crippen molar-refractivity contribution in [2.24, 2.45) is 13.0 Å². The highest BCUT2D eigenvalue weighted by Gasteiger charge is 2.20. The van der Waals surface area contributed by atoms with Gasteiger partial charge in [0.05, 0.1) is 6.10 Å². The predicted molar refractivity (Wildman–Crippen MR) is 55.3 cm³/mol. The smallest absolute Gasteiger partial charge is 0.242 e. The van der Waals surface area contributed by atoms with Gasteiger partial charge in [0.25, 0.3) is 0 Å². The summed E-state index contributed by atoms with van der Waals surface area (Å²) in [5.74, 6) is 1.22. The lowest BCUT2D eigenvalue weighted by Gasteiger charge is -2.25. The fourth-order valence-corrected chi connectivity index (χ4v) is 2.06. The van der Waals surface area contributed by atoms with E-state index >= 15 is 0 Å². The second-order valence-corrected chi connectivity index (χ2v) is 4.19. The highest BCUT2D eigenvalue weighted by Crippen LogP contribution is 2.24. The molecule has 1 aromatic rings. The van der Waals surface area contributed by atoms with E-state index in [4.69, 9.17) is 0 Å². The fourth-order valence-electron chi connectivity index (χ4n) is 2.06. The molecule has 15 heavy (non-hydrogen) atoms. The summed E-state index contributed by atoms with van der Waals surface area (Å²) < 4.78 is 1.61. The Morgan fingerprint density at radius 3 is 3.07 bits per heavy atom. The molecule has 84 valence electrons. The normalized spacial score (nSPS) is 26.5. The Morgan fingerprint density at radius 2 is 2.40 bits per heavy atom. The first-order valence-corrected chi connectivity index (χ1v) is 5.40. The molecular formula is C9H17N5O. The van der Waals surface area contributed by atoms with Gasteiger partial charge in [-0.2, -0.15) is 0 Å². The SMILES string of the molecule is Cn1nnnc1NCC1CCCC(O)C1. The zero-order valence-electron chi connectivity index (χ0n) is 8.93. The van der Waals surface area contributed by atoms with E-state index in [-0.39, 0.29) is 6.10 Å². The molecule has 0 aliphatic heterocycles. The third-order valence-electron chi connectivity index (χ3n) is 2.92. The second kappa shape index (κ2) is 4.57. The van der Waals surface area contributed by atoms with Gasteiger partial charge in [-0.1, -0.05) is 11.5 Å². The van der Waals surface area contributed by atoms with E-state index in [1.165, 1.54) is 6.42 Å². The molecular weight excluding hydrogens is 194 g/mol. The Labute approximate surface area is 88.7 Å². The minimum absolute atomic E-state index is 0.122. The van der Waals surface area contributed by atoms with Crippen LogP contribution >= 0.6 is 0 Å². The molecule has 1 aliphatic rings. The summed E-state index contributed by atoms with van der Waals surface area (Å²) in [6, 6.07) is 0. The van der Waals surface area contributed by atoms with E-state index in [1.54, 1.807) is 11.7 Å². The maximum absolute atomic E-state index is 9.52. The molecule has 0 radical (unpaired) electrons. The standard InChI is InChI=1S/C9H17N5O/c1-14-9(11-12-13-14)10-6-7-3-2-4-8(15)5-7/h7-8,15H,2-6H2,1H3,(H,10,11,13). The molecule has 0 bridgehead atoms. The molecule has 2 atom stereocenters. The van der Waals surface area contributed by atoms with Crippen LogP contribution in [0.25, 0.3) is 0 Å². The minimum atomic E-state index is -0.122. The molecule has 1 heterocycles. The topological polar surface area (TPSA) is 75.9 Å². The molecule has 1 saturated carbocycles. The van der Waals surface area contributed by atoms with Gasteiger partial charge in [-0.25, -0.2) is 4.68 Å². The summed E-state index contributed by atoms with van der Waals surface area (Å²) >= 11 is 0. The van der Waals surface area contributed by atoms with Crippen LogP contribution < -0.4 is 5.32 Å². The van der Waals surface area contributed by atoms with Gasteiger partial charge in [0.2, 0.25) is 5.95 Å². The molecule has 1 fully saturated rings. The molecule has 0 saturated heterocycles. The van der Waals surface area contributed by atoms with Gasteiger partial charge in [0, 0.05) is 13.6 Å². The van der Waals surface area contributed by atoms with Crippen molar-refractivity contribution in [1.29, 1.82) is 0 Å². The summed E-state index contributed by atoms with van der Waals surface area (Å²) in [5.41, 5.74) is 0. The number of aliphatic hydroxyl groups is 1. The summed E-state index contributed by atoms with van der Waals surface area (Å²) in [6.07, 6.45) is 4.00. The largest absolute Gasteiger partial charge is 0.393 e. The van der Waals surface area contributed by atoms with Crippen molar-refractivity contribution in [2.75, 3.05) is 11.9 Å². The molecule has 6 nitrogen and oxygen atoms in total. The first kappa shape index (κ1) is 10.4. The zero-order valence-corrected chi connectivity index (χ0v) is 8.93. The minimum Gasteiger partial charge on any atom is -0.393 e. The Kier molecular flexibility index (Phi) is 3.15. The van der Waals surface area contributed by atoms with Crippen molar-refractivity contribution < 1.29 is 5.11 Å². The number of nitrogens with zero attached hydrogens (tertiary/aromatic N) is 4. The van der Waals surface area contributed by atoms with Gasteiger partial charge < -0.3 is 10.4 Å². The van der Waals surface area contributed by atoms with E-state index in [0.717, 1.165) is 25.8 Å². The molecule has 2 N–H and O–H groups in total. The first-order chi connectivity index (χ1) is 7.25. The monoisotopic (exact) mass is 211 g/mol. The quantitative estimate of drug-likeness (QED) is 0.745. The molecule has 6 heteroatoms. The van der Waals surface area contributed by atoms with E-state index < -0.39 is 0 Å². The van der Waals surface area contributed by atoms with Gasteiger partial charge in [-0.15, -0.1) is 0 Å². The highest BCUT2D eigenvalue weighted by molar-refractivity contribution is 5.20. The third kappa shape index (κ3) is 2.65. The van der Waals surface area contributed by atoms with Gasteiger partial charge in [0.15, 0.2) is 0 Å². The zero-order chi connectivity index (χ0) is 10.7. The van der Waals surface area contributed by atoms with Crippen LogP contribution in [0.5, 0.6) is 0 Å². The maximum atomic E-state index is 9.52. The van der Waals surface area contributed by atoms with E-state index in [1.807, 2.05) is 0 Å². The number of tetrazole rings is 1. The molecule has 1 aliphatic carbocycles. The summed E-state index contributed by atoms with van der Waals surface area (Å²) in [6.45, 7) is 0.839. The van der Waals surface area contributed by atoms with Crippen LogP contribution in [0, 0.1) is 5.92 Å². The highest BCUT2D eigenvalue weighted by atomic mass is 16.3. The van der Waals surface area contributed by atoms with Crippen molar-refractivity contribution >= 4 is 5.95 Å². The Bertz CT molecular complexity index is 313. The molecule has 1 aromatic heterocycles. The van der Waals surface area contributed by atoms with Crippen molar-refractivity contribution in [1.82, 2.24) is 20.2 Å². The summed E-state index contributed by atoms with van der Waals surface area (Å²) in [7, 11) is 1.80. The van der Waals surface area contributed by atoms with Gasteiger partial charge in [0.1, 0.15) is 0 Å². The fraction of sp³-hybridized carbons (Fsp3) is 0.889. The molecule has 0 spiro atoms. The summed E-state index contributed by atoms with van der Waals surface area (Å²) in [4.78, 5) is 0. The van der Waals surface area contributed by atoms with Crippen molar-refractivity contribution in [3.05, 3.63) is 0 Å². The Hall–Kier alpha value is -1.17. The number of nitrogens with one attached hydrogen (secondary N) is 1. The lowest BCUT2D eigenvalue weighted by atomic mass is 9.87. The van der Waals surface area contributed by atoms with E-state index in [2.05, 4.69) is 20.8 Å². The number of aromatic nitrogens is 4. The molecule has 2 rings (SSSR count). The lowest BCUT2D eigenvalue weighted by Crippen LogP contribution is -2.25. The summed E-state index contributed by atoms with van der Waals surface area (Å²) in [5, 5.41) is 23.9. The number of hydrogen-bond acceptors (Lipinski definition) is 5. The van der Waals surface area contributed by atoms with Crippen LogP contribution in [-0.2, 0) is 7.05 Å². The maximum Gasteiger partial charge on any atom is 0.242 e. The van der Waals surface area contributed by atoms with Crippen molar-refractivity contribution in [3.8, 4) is 0 Å². The lowest BCUT2D eigenvalue weighted by molar-refractivity contribution is 0.104. The molecule has 2 unspecified atom stereocenters. The predicted octanol–water partition coefficient (Wildman–Crippen LogP) is 0.173. The molecule has 0 amide bonds. The van der Waals surface area contributed by atoms with Crippen LogP contribution in [0.3, 0.4) is 0 Å². The average Bonchev–Trinajstić information content (AvgIpc) is 2.61. The Balaban J connectivity index is 1.80. The molecule has 0 aromatic carbocycles.